The van der Waals surface area contributed by atoms with Crippen molar-refractivity contribution in [1.82, 2.24) is 10.2 Å². The van der Waals surface area contributed by atoms with E-state index in [4.69, 9.17) is 26.4 Å². The van der Waals surface area contributed by atoms with Crippen LogP contribution in [-0.2, 0) is 19.0 Å². The number of hydrogen-bond acceptors (Lipinski definition) is 7. The Bertz CT molecular complexity index is 1200. The Labute approximate surface area is 220 Å². The molecule has 0 aromatic heterocycles. The van der Waals surface area contributed by atoms with Crippen molar-refractivity contribution in [1.29, 1.82) is 0 Å². The van der Waals surface area contributed by atoms with Crippen molar-refractivity contribution in [3.05, 3.63) is 70.9 Å². The average molecular weight is 527 g/mol. The zero-order valence-corrected chi connectivity index (χ0v) is 21.9. The maximum absolute atomic E-state index is 12.9. The van der Waals surface area contributed by atoms with Gasteiger partial charge < -0.3 is 35.1 Å². The number of hydrogen-bond donors (Lipinski definition) is 3. The Hall–Kier alpha value is -3.96. The van der Waals surface area contributed by atoms with Gasteiger partial charge in [0.15, 0.2) is 5.11 Å². The summed E-state index contributed by atoms with van der Waals surface area (Å²) < 4.78 is 15.3. The van der Waals surface area contributed by atoms with Gasteiger partial charge in [0, 0.05) is 31.2 Å². The summed E-state index contributed by atoms with van der Waals surface area (Å²) in [5.74, 6) is -0.910. The molecule has 10 nitrogen and oxygen atoms in total. The summed E-state index contributed by atoms with van der Waals surface area (Å²) in [6.07, 6.45) is 0. The summed E-state index contributed by atoms with van der Waals surface area (Å²) in [5.41, 5.74) is 3.20. The predicted octanol–water partition coefficient (Wildman–Crippen LogP) is 3.83. The first-order valence-corrected chi connectivity index (χ1v) is 12.0. The number of carbonyl (C=O) groups excluding carboxylic acids is 3. The van der Waals surface area contributed by atoms with Crippen LogP contribution in [0.5, 0.6) is 0 Å². The molecule has 2 aromatic rings. The van der Waals surface area contributed by atoms with E-state index in [0.717, 1.165) is 0 Å². The van der Waals surface area contributed by atoms with Gasteiger partial charge >= 0.3 is 18.0 Å². The molecule has 2 aromatic carbocycles. The van der Waals surface area contributed by atoms with E-state index >= 15 is 0 Å². The van der Waals surface area contributed by atoms with Crippen molar-refractivity contribution in [2.45, 2.75) is 19.9 Å². The van der Waals surface area contributed by atoms with E-state index in [1.54, 1.807) is 68.3 Å². The van der Waals surface area contributed by atoms with Crippen molar-refractivity contribution >= 4 is 46.7 Å². The highest BCUT2D eigenvalue weighted by atomic mass is 32.1. The fourth-order valence-corrected chi connectivity index (χ4v) is 3.89. The lowest BCUT2D eigenvalue weighted by Crippen LogP contribution is -2.46. The molecule has 196 valence electrons. The second-order valence-electron chi connectivity index (χ2n) is 8.07. The molecular formula is C26H30N4O6S. The lowest BCUT2D eigenvalue weighted by atomic mass is 9.95. The standard InChI is InChI=1S/C26H30N4O6S/c1-5-35-23(31)17-9-11-19(12-10-17)27-25(33)28-20-8-6-7-18(15-20)22-21(24(32)36-14-13-34-4)16(2)30(3)26(37)29-22/h6-12,15,22H,5,13-14H2,1-4H3,(H,29,37)(H2,27,28,33). The molecule has 0 saturated heterocycles. The number of carbonyl (C=O) groups is 3. The monoisotopic (exact) mass is 526 g/mol. The molecule has 1 atom stereocenters. The lowest BCUT2D eigenvalue weighted by Gasteiger charge is -2.35. The SMILES string of the molecule is CCOC(=O)c1ccc(NC(=O)Nc2cccc(C3NC(=S)N(C)C(C)=C3C(=O)OCCOC)c2)cc1. The molecule has 1 aliphatic heterocycles. The van der Waals surface area contributed by atoms with Gasteiger partial charge in [-0.2, -0.15) is 0 Å². The molecule has 1 heterocycles. The van der Waals surface area contributed by atoms with E-state index in [-0.39, 0.29) is 19.8 Å². The van der Waals surface area contributed by atoms with E-state index < -0.39 is 24.0 Å². The molecule has 1 unspecified atom stereocenters. The molecule has 0 aliphatic carbocycles. The zero-order chi connectivity index (χ0) is 26.9. The number of benzene rings is 2. The van der Waals surface area contributed by atoms with Crippen LogP contribution in [0.4, 0.5) is 16.2 Å². The van der Waals surface area contributed by atoms with Gasteiger partial charge in [-0.25, -0.2) is 14.4 Å². The van der Waals surface area contributed by atoms with Crippen molar-refractivity contribution in [3.63, 3.8) is 0 Å². The highest BCUT2D eigenvalue weighted by Crippen LogP contribution is 2.32. The maximum atomic E-state index is 12.9. The van der Waals surface area contributed by atoms with E-state index in [2.05, 4.69) is 16.0 Å². The van der Waals surface area contributed by atoms with Gasteiger partial charge in [-0.15, -0.1) is 0 Å². The van der Waals surface area contributed by atoms with Crippen LogP contribution >= 0.6 is 12.2 Å². The van der Waals surface area contributed by atoms with Crippen molar-refractivity contribution in [2.75, 3.05) is 44.6 Å². The smallest absolute Gasteiger partial charge is 0.338 e. The average Bonchev–Trinajstić information content (AvgIpc) is 2.87. The van der Waals surface area contributed by atoms with E-state index in [9.17, 15) is 14.4 Å². The van der Waals surface area contributed by atoms with Crippen LogP contribution < -0.4 is 16.0 Å². The number of urea groups is 1. The second kappa shape index (κ2) is 12.8. The third-order valence-electron chi connectivity index (χ3n) is 5.63. The Kier molecular flexibility index (Phi) is 9.58. The van der Waals surface area contributed by atoms with Gasteiger partial charge in [0.05, 0.1) is 30.4 Å². The summed E-state index contributed by atoms with van der Waals surface area (Å²) in [6, 6.07) is 12.4. The molecule has 3 N–H and O–H groups in total. The van der Waals surface area contributed by atoms with Crippen LogP contribution in [0.25, 0.3) is 0 Å². The van der Waals surface area contributed by atoms with Crippen LogP contribution in [0, 0.1) is 0 Å². The minimum absolute atomic E-state index is 0.121. The number of thiocarbonyl (C=S) groups is 1. The summed E-state index contributed by atoms with van der Waals surface area (Å²) in [4.78, 5) is 39.0. The van der Waals surface area contributed by atoms with Gasteiger partial charge in [-0.1, -0.05) is 12.1 Å². The molecule has 0 spiro atoms. The number of methoxy groups -OCH3 is 1. The molecule has 0 fully saturated rings. The lowest BCUT2D eigenvalue weighted by molar-refractivity contribution is -0.140. The van der Waals surface area contributed by atoms with Gasteiger partial charge in [-0.3, -0.25) is 0 Å². The molecule has 1 aliphatic rings. The molecule has 2 amide bonds. The number of nitrogens with one attached hydrogen (secondary N) is 3. The zero-order valence-electron chi connectivity index (χ0n) is 21.1. The fraction of sp³-hybridized carbons (Fsp3) is 0.308. The highest BCUT2D eigenvalue weighted by Gasteiger charge is 2.33. The molecule has 3 rings (SSSR count). The van der Waals surface area contributed by atoms with Gasteiger partial charge in [0.2, 0.25) is 0 Å². The number of rotatable bonds is 9. The number of nitrogens with zero attached hydrogens (tertiary/aromatic N) is 1. The first-order chi connectivity index (χ1) is 17.7. The largest absolute Gasteiger partial charge is 0.462 e. The van der Waals surface area contributed by atoms with Crippen LogP contribution in [0.1, 0.15) is 35.8 Å². The summed E-state index contributed by atoms with van der Waals surface area (Å²) in [5, 5.41) is 9.14. The van der Waals surface area contributed by atoms with Crippen molar-refractivity contribution in [2.24, 2.45) is 0 Å². The molecular weight excluding hydrogens is 496 g/mol. The van der Waals surface area contributed by atoms with Gasteiger partial charge in [0.1, 0.15) is 6.61 Å². The highest BCUT2D eigenvalue weighted by molar-refractivity contribution is 7.80. The molecule has 11 heteroatoms. The summed E-state index contributed by atoms with van der Waals surface area (Å²) in [7, 11) is 3.30. The van der Waals surface area contributed by atoms with E-state index in [1.807, 2.05) is 6.07 Å². The third kappa shape index (κ3) is 7.05. The maximum Gasteiger partial charge on any atom is 0.338 e. The first-order valence-electron chi connectivity index (χ1n) is 11.6. The topological polar surface area (TPSA) is 118 Å². The van der Waals surface area contributed by atoms with Crippen molar-refractivity contribution in [3.8, 4) is 0 Å². The van der Waals surface area contributed by atoms with Gasteiger partial charge in [-0.05, 0) is 68.0 Å². The molecule has 0 saturated carbocycles. The van der Waals surface area contributed by atoms with Crippen LogP contribution in [0.2, 0.25) is 0 Å². The van der Waals surface area contributed by atoms with Crippen LogP contribution in [-0.4, -0.2) is 62.0 Å². The normalized spacial score (nSPS) is 15.1. The van der Waals surface area contributed by atoms with Crippen LogP contribution in [0.15, 0.2) is 59.8 Å². The minimum atomic E-state index is -0.570. The number of esters is 2. The molecule has 0 bridgehead atoms. The summed E-state index contributed by atoms with van der Waals surface area (Å²) in [6.45, 7) is 4.22. The van der Waals surface area contributed by atoms with E-state index in [1.165, 1.54) is 7.11 Å². The number of amides is 2. The quantitative estimate of drug-likeness (QED) is 0.254. The van der Waals surface area contributed by atoms with E-state index in [0.29, 0.717) is 38.9 Å². The Morgan fingerprint density at radius 1 is 1.00 bits per heavy atom. The number of ether oxygens (including phenoxy) is 3. The van der Waals surface area contributed by atoms with Gasteiger partial charge in [0.25, 0.3) is 0 Å². The first kappa shape index (κ1) is 27.6. The minimum Gasteiger partial charge on any atom is -0.462 e. The number of allylic oxidation sites excluding steroid dienone is 1. The van der Waals surface area contributed by atoms with Crippen LogP contribution in [0.3, 0.4) is 0 Å². The fourth-order valence-electron chi connectivity index (χ4n) is 3.64. The third-order valence-corrected chi connectivity index (χ3v) is 6.02. The molecule has 37 heavy (non-hydrogen) atoms. The Balaban J connectivity index is 1.75. The Morgan fingerprint density at radius 3 is 2.38 bits per heavy atom. The second-order valence-corrected chi connectivity index (χ2v) is 8.46. The predicted molar refractivity (Wildman–Crippen MR) is 143 cm³/mol. The number of anilines is 2. The summed E-state index contributed by atoms with van der Waals surface area (Å²) >= 11 is 5.44. The molecule has 0 radical (unpaired) electrons. The van der Waals surface area contributed by atoms with Crippen molar-refractivity contribution < 1.29 is 28.6 Å². The Morgan fingerprint density at radius 2 is 1.70 bits per heavy atom.